The van der Waals surface area contributed by atoms with Gasteiger partial charge in [-0.25, -0.2) is 4.99 Å². The van der Waals surface area contributed by atoms with Crippen molar-refractivity contribution in [1.82, 2.24) is 10.6 Å². The largest absolute Gasteiger partial charge is 0.383 e. The molecule has 0 aliphatic heterocycles. The predicted molar refractivity (Wildman–Crippen MR) is 116 cm³/mol. The van der Waals surface area contributed by atoms with E-state index in [0.717, 1.165) is 43.9 Å². The Labute approximate surface area is 170 Å². The van der Waals surface area contributed by atoms with Crippen LogP contribution in [0.2, 0.25) is 0 Å². The summed E-state index contributed by atoms with van der Waals surface area (Å²) in [5.74, 6) is 0.770. The summed E-state index contributed by atoms with van der Waals surface area (Å²) in [4.78, 5) is 6.00. The fourth-order valence-electron chi connectivity index (χ4n) is 3.14. The zero-order chi connectivity index (χ0) is 16.8. The van der Waals surface area contributed by atoms with Crippen molar-refractivity contribution in [1.29, 1.82) is 0 Å². The van der Waals surface area contributed by atoms with Crippen LogP contribution < -0.4 is 10.6 Å². The highest BCUT2D eigenvalue weighted by molar-refractivity contribution is 14.0. The number of hydrogen-bond acceptors (Lipinski definition) is 3. The maximum atomic E-state index is 11.0. The van der Waals surface area contributed by atoms with Gasteiger partial charge in [-0.1, -0.05) is 30.3 Å². The van der Waals surface area contributed by atoms with Crippen molar-refractivity contribution in [3.8, 4) is 0 Å². The third-order valence-corrected chi connectivity index (χ3v) is 5.35. The van der Waals surface area contributed by atoms with Gasteiger partial charge in [-0.2, -0.15) is 0 Å². The Morgan fingerprint density at radius 2 is 2.08 bits per heavy atom. The zero-order valence-electron chi connectivity index (χ0n) is 14.5. The van der Waals surface area contributed by atoms with Crippen LogP contribution in [0.15, 0.2) is 46.8 Å². The third kappa shape index (κ3) is 5.18. The predicted octanol–water partition coefficient (Wildman–Crippen LogP) is 3.30. The summed E-state index contributed by atoms with van der Waals surface area (Å²) in [5.41, 5.74) is 1.43. The number of benzene rings is 1. The maximum absolute atomic E-state index is 11.0. The van der Waals surface area contributed by atoms with E-state index in [1.165, 1.54) is 10.4 Å². The van der Waals surface area contributed by atoms with Gasteiger partial charge < -0.3 is 15.7 Å². The second-order valence-electron chi connectivity index (χ2n) is 6.14. The van der Waals surface area contributed by atoms with E-state index in [2.05, 4.69) is 46.1 Å². The van der Waals surface area contributed by atoms with Gasteiger partial charge in [-0.15, -0.1) is 35.3 Å². The topological polar surface area (TPSA) is 56.7 Å². The molecule has 1 atom stereocenters. The minimum atomic E-state index is -0.841. The van der Waals surface area contributed by atoms with Gasteiger partial charge in [0, 0.05) is 18.0 Å². The first kappa shape index (κ1) is 20.2. The van der Waals surface area contributed by atoms with Crippen LogP contribution in [0.4, 0.5) is 0 Å². The van der Waals surface area contributed by atoms with Crippen molar-refractivity contribution in [2.24, 2.45) is 4.99 Å². The molecule has 136 valence electrons. The number of hydrogen-bond donors (Lipinski definition) is 3. The second kappa shape index (κ2) is 9.54. The Morgan fingerprint density at radius 3 is 2.84 bits per heavy atom. The first-order valence-electron chi connectivity index (χ1n) is 8.56. The number of rotatable bonds is 6. The molecule has 25 heavy (non-hydrogen) atoms. The number of aliphatic imine (C=N–C) groups is 1. The van der Waals surface area contributed by atoms with Crippen LogP contribution in [0.3, 0.4) is 0 Å². The van der Waals surface area contributed by atoms with E-state index in [4.69, 9.17) is 0 Å². The Bertz CT molecular complexity index is 690. The van der Waals surface area contributed by atoms with E-state index in [1.54, 1.807) is 11.3 Å². The highest BCUT2D eigenvalue weighted by atomic mass is 127. The fourth-order valence-corrected chi connectivity index (χ4v) is 3.85. The SMILES string of the molecule is CCNC(=NCC1(O)CCc2ccccc21)NCCc1cccs1.I. The van der Waals surface area contributed by atoms with E-state index in [0.29, 0.717) is 6.54 Å². The lowest BCUT2D eigenvalue weighted by atomic mass is 9.96. The number of aryl methyl sites for hydroxylation is 1. The number of nitrogens with zero attached hydrogens (tertiary/aromatic N) is 1. The van der Waals surface area contributed by atoms with Crippen molar-refractivity contribution in [3.63, 3.8) is 0 Å². The van der Waals surface area contributed by atoms with Crippen LogP contribution in [-0.2, 0) is 18.4 Å². The second-order valence-corrected chi connectivity index (χ2v) is 7.17. The molecule has 1 aliphatic carbocycles. The van der Waals surface area contributed by atoms with Crippen molar-refractivity contribution in [2.75, 3.05) is 19.6 Å². The van der Waals surface area contributed by atoms with Gasteiger partial charge in [0.2, 0.25) is 0 Å². The van der Waals surface area contributed by atoms with E-state index in [1.807, 2.05) is 18.2 Å². The third-order valence-electron chi connectivity index (χ3n) is 4.41. The molecule has 1 unspecified atom stereocenters. The van der Waals surface area contributed by atoms with Crippen LogP contribution in [-0.4, -0.2) is 30.7 Å². The zero-order valence-corrected chi connectivity index (χ0v) is 17.6. The molecule has 0 spiro atoms. The lowest BCUT2D eigenvalue weighted by Gasteiger charge is -2.22. The first-order chi connectivity index (χ1) is 11.7. The summed E-state index contributed by atoms with van der Waals surface area (Å²) in [6.07, 6.45) is 2.64. The molecule has 1 aliphatic rings. The van der Waals surface area contributed by atoms with Crippen molar-refractivity contribution in [3.05, 3.63) is 57.8 Å². The summed E-state index contributed by atoms with van der Waals surface area (Å²) in [6.45, 7) is 4.08. The maximum Gasteiger partial charge on any atom is 0.191 e. The summed E-state index contributed by atoms with van der Waals surface area (Å²) >= 11 is 1.77. The molecular weight excluding hydrogens is 445 g/mol. The Morgan fingerprint density at radius 1 is 1.24 bits per heavy atom. The Kier molecular flexibility index (Phi) is 7.71. The van der Waals surface area contributed by atoms with Gasteiger partial charge in [0.1, 0.15) is 5.60 Å². The van der Waals surface area contributed by atoms with Crippen LogP contribution in [0.5, 0.6) is 0 Å². The molecule has 3 N–H and O–H groups in total. The highest BCUT2D eigenvalue weighted by Crippen LogP contribution is 2.36. The lowest BCUT2D eigenvalue weighted by Crippen LogP contribution is -2.39. The number of thiophene rings is 1. The molecule has 0 saturated carbocycles. The van der Waals surface area contributed by atoms with Crippen LogP contribution in [0.25, 0.3) is 0 Å². The minimum Gasteiger partial charge on any atom is -0.383 e. The van der Waals surface area contributed by atoms with E-state index < -0.39 is 5.60 Å². The van der Waals surface area contributed by atoms with Crippen molar-refractivity contribution < 1.29 is 5.11 Å². The average Bonchev–Trinajstić information content (AvgIpc) is 3.22. The fraction of sp³-hybridized carbons (Fsp3) is 0.421. The molecule has 0 amide bonds. The van der Waals surface area contributed by atoms with Gasteiger partial charge in [-0.05, 0) is 48.8 Å². The van der Waals surface area contributed by atoms with E-state index in [-0.39, 0.29) is 24.0 Å². The van der Waals surface area contributed by atoms with Crippen molar-refractivity contribution >= 4 is 41.3 Å². The molecule has 1 aromatic carbocycles. The molecule has 4 nitrogen and oxygen atoms in total. The van der Waals surface area contributed by atoms with Crippen LogP contribution in [0, 0.1) is 0 Å². The van der Waals surface area contributed by atoms with Gasteiger partial charge >= 0.3 is 0 Å². The molecule has 1 aromatic heterocycles. The molecule has 3 rings (SSSR count). The summed E-state index contributed by atoms with van der Waals surface area (Å²) in [5, 5.41) is 19.7. The summed E-state index contributed by atoms with van der Waals surface area (Å²) in [7, 11) is 0. The monoisotopic (exact) mass is 471 g/mol. The van der Waals surface area contributed by atoms with Crippen molar-refractivity contribution in [2.45, 2.75) is 31.8 Å². The van der Waals surface area contributed by atoms with Gasteiger partial charge in [0.15, 0.2) is 5.96 Å². The van der Waals surface area contributed by atoms with E-state index in [9.17, 15) is 5.11 Å². The van der Waals surface area contributed by atoms with E-state index >= 15 is 0 Å². The lowest BCUT2D eigenvalue weighted by molar-refractivity contribution is 0.0485. The van der Waals surface area contributed by atoms with Crippen LogP contribution in [0.1, 0.15) is 29.3 Å². The van der Waals surface area contributed by atoms with Gasteiger partial charge in [-0.3, -0.25) is 0 Å². The average molecular weight is 471 g/mol. The summed E-state index contributed by atoms with van der Waals surface area (Å²) < 4.78 is 0. The number of halogens is 1. The number of fused-ring (bicyclic) bond motifs is 1. The molecule has 6 heteroatoms. The van der Waals surface area contributed by atoms with Gasteiger partial charge in [0.25, 0.3) is 0 Å². The number of nitrogens with one attached hydrogen (secondary N) is 2. The molecule has 0 fully saturated rings. The first-order valence-corrected chi connectivity index (χ1v) is 9.44. The van der Waals surface area contributed by atoms with Crippen LogP contribution >= 0.6 is 35.3 Å². The minimum absolute atomic E-state index is 0. The molecule has 0 radical (unpaired) electrons. The van der Waals surface area contributed by atoms with Gasteiger partial charge in [0.05, 0.1) is 6.54 Å². The number of aliphatic hydroxyl groups is 1. The molecule has 1 heterocycles. The Balaban J connectivity index is 0.00000225. The molecular formula is C19H26IN3OS. The Hall–Kier alpha value is -1.12. The standard InChI is InChI=1S/C19H25N3OS.HI/c1-2-20-18(21-12-10-16-7-5-13-24-16)22-14-19(23)11-9-15-6-3-4-8-17(15)19;/h3-8,13,23H,2,9-12,14H2,1H3,(H2,20,21,22);1H. The highest BCUT2D eigenvalue weighted by Gasteiger charge is 2.36. The molecule has 2 aromatic rings. The normalized spacial score (nSPS) is 19.2. The number of guanidine groups is 1. The summed E-state index contributed by atoms with van der Waals surface area (Å²) in [6, 6.07) is 12.4. The smallest absolute Gasteiger partial charge is 0.191 e. The molecule has 0 bridgehead atoms. The quantitative estimate of drug-likeness (QED) is 0.344. The molecule has 0 saturated heterocycles.